The van der Waals surface area contributed by atoms with E-state index in [1.807, 2.05) is 43.3 Å². The lowest BCUT2D eigenvalue weighted by atomic mass is 10.2. The van der Waals surface area contributed by atoms with E-state index in [0.29, 0.717) is 0 Å². The molecule has 144 valence electrons. The first-order chi connectivity index (χ1) is 13.5. The topological polar surface area (TPSA) is 58.4 Å². The van der Waals surface area contributed by atoms with Crippen molar-refractivity contribution in [2.45, 2.75) is 27.7 Å². The van der Waals surface area contributed by atoms with Gasteiger partial charge in [0.25, 0.3) is 5.91 Å². The second kappa shape index (κ2) is 8.57. The second-order valence-electron chi connectivity index (χ2n) is 6.96. The molecular formula is C23H26N4O. The van der Waals surface area contributed by atoms with Crippen molar-refractivity contribution in [2.75, 3.05) is 11.9 Å². The molecule has 0 saturated heterocycles. The van der Waals surface area contributed by atoms with Crippen LogP contribution >= 0.6 is 0 Å². The van der Waals surface area contributed by atoms with Gasteiger partial charge in [-0.3, -0.25) is 4.79 Å². The summed E-state index contributed by atoms with van der Waals surface area (Å²) in [7, 11) is 0. The van der Waals surface area contributed by atoms with E-state index < -0.39 is 0 Å². The molecule has 0 bridgehead atoms. The third-order valence-electron chi connectivity index (χ3n) is 4.72. The highest BCUT2D eigenvalue weighted by Gasteiger charge is 2.11. The van der Waals surface area contributed by atoms with E-state index >= 15 is 0 Å². The molecule has 28 heavy (non-hydrogen) atoms. The fourth-order valence-corrected chi connectivity index (χ4v) is 3.17. The van der Waals surface area contributed by atoms with Crippen LogP contribution in [0.3, 0.4) is 0 Å². The van der Waals surface area contributed by atoms with Crippen LogP contribution in [0, 0.1) is 27.7 Å². The highest BCUT2D eigenvalue weighted by Crippen LogP contribution is 2.22. The highest BCUT2D eigenvalue weighted by molar-refractivity contribution is 5.85. The summed E-state index contributed by atoms with van der Waals surface area (Å²) >= 11 is 0. The monoisotopic (exact) mass is 374 g/mol. The number of hydrogen-bond donors (Lipinski definition) is 2. The molecule has 1 heterocycles. The maximum atomic E-state index is 12.0. The summed E-state index contributed by atoms with van der Waals surface area (Å²) in [6.07, 6.45) is 1.70. The lowest BCUT2D eigenvalue weighted by Gasteiger charge is -2.12. The molecule has 3 aromatic rings. The Kier molecular flexibility index (Phi) is 5.94. The van der Waals surface area contributed by atoms with Crippen LogP contribution in [-0.4, -0.2) is 23.2 Å². The number of nitrogens with one attached hydrogen (secondary N) is 2. The maximum absolute atomic E-state index is 12.0. The van der Waals surface area contributed by atoms with Crippen LogP contribution in [0.25, 0.3) is 5.69 Å². The first kappa shape index (κ1) is 19.4. The maximum Gasteiger partial charge on any atom is 0.259 e. The van der Waals surface area contributed by atoms with Crippen molar-refractivity contribution in [3.63, 3.8) is 0 Å². The SMILES string of the molecule is Cc1ccc(NCC(=O)N/N=C\c2cc(C)n(-c3ccccc3C)c2C)cc1. The number of para-hydroxylation sites is 1. The number of carbonyl (C=O) groups is 1. The first-order valence-corrected chi connectivity index (χ1v) is 9.33. The fourth-order valence-electron chi connectivity index (χ4n) is 3.17. The standard InChI is InChI=1S/C23H26N4O/c1-16-9-11-21(12-10-16)24-15-23(28)26-25-14-20-13-18(3)27(19(20)4)22-8-6-5-7-17(22)2/h5-14,24H,15H2,1-4H3,(H,26,28)/b25-14-. The number of anilines is 1. The molecule has 0 atom stereocenters. The summed E-state index contributed by atoms with van der Waals surface area (Å²) in [5.74, 6) is -0.190. The molecule has 1 amide bonds. The van der Waals surface area contributed by atoms with Crippen molar-refractivity contribution >= 4 is 17.8 Å². The van der Waals surface area contributed by atoms with E-state index in [2.05, 4.69) is 59.4 Å². The molecule has 0 aliphatic carbocycles. The van der Waals surface area contributed by atoms with Gasteiger partial charge in [-0.1, -0.05) is 35.9 Å². The average molecular weight is 374 g/mol. The molecule has 2 aromatic carbocycles. The second-order valence-corrected chi connectivity index (χ2v) is 6.96. The van der Waals surface area contributed by atoms with E-state index in [0.717, 1.165) is 28.3 Å². The van der Waals surface area contributed by atoms with Crippen LogP contribution in [0.1, 0.15) is 28.1 Å². The van der Waals surface area contributed by atoms with E-state index in [9.17, 15) is 4.79 Å². The van der Waals surface area contributed by atoms with Gasteiger partial charge in [0.2, 0.25) is 0 Å². The molecule has 0 unspecified atom stereocenters. The van der Waals surface area contributed by atoms with Crippen LogP contribution in [-0.2, 0) is 4.79 Å². The zero-order valence-electron chi connectivity index (χ0n) is 16.8. The van der Waals surface area contributed by atoms with Gasteiger partial charge >= 0.3 is 0 Å². The number of hydrazone groups is 1. The normalized spacial score (nSPS) is 11.0. The molecule has 0 radical (unpaired) electrons. The molecule has 5 nitrogen and oxygen atoms in total. The smallest absolute Gasteiger partial charge is 0.259 e. The van der Waals surface area contributed by atoms with Crippen molar-refractivity contribution in [2.24, 2.45) is 5.10 Å². The highest BCUT2D eigenvalue weighted by atomic mass is 16.2. The molecule has 5 heteroatoms. The van der Waals surface area contributed by atoms with Gasteiger partial charge in [0.05, 0.1) is 12.8 Å². The van der Waals surface area contributed by atoms with Gasteiger partial charge in [0.15, 0.2) is 0 Å². The molecule has 0 aliphatic heterocycles. The van der Waals surface area contributed by atoms with Gasteiger partial charge in [-0.05, 0) is 57.5 Å². The van der Waals surface area contributed by atoms with Crippen molar-refractivity contribution in [3.8, 4) is 5.69 Å². The number of aryl methyl sites for hydroxylation is 3. The Morgan fingerprint density at radius 3 is 2.46 bits per heavy atom. The number of aromatic nitrogens is 1. The van der Waals surface area contributed by atoms with Crippen LogP contribution < -0.4 is 10.7 Å². The average Bonchev–Trinajstić information content (AvgIpc) is 2.95. The molecular weight excluding hydrogens is 348 g/mol. The molecule has 0 spiro atoms. The van der Waals surface area contributed by atoms with Gasteiger partial charge in [-0.2, -0.15) is 5.10 Å². The number of benzene rings is 2. The lowest BCUT2D eigenvalue weighted by Crippen LogP contribution is -2.25. The number of amides is 1. The Morgan fingerprint density at radius 1 is 1.04 bits per heavy atom. The van der Waals surface area contributed by atoms with Crippen LogP contribution in [0.4, 0.5) is 5.69 Å². The zero-order valence-corrected chi connectivity index (χ0v) is 16.8. The minimum Gasteiger partial charge on any atom is -0.376 e. The summed E-state index contributed by atoms with van der Waals surface area (Å²) < 4.78 is 2.21. The zero-order chi connectivity index (χ0) is 20.1. The van der Waals surface area contributed by atoms with Crippen LogP contribution in [0.2, 0.25) is 0 Å². The van der Waals surface area contributed by atoms with Gasteiger partial charge < -0.3 is 9.88 Å². The van der Waals surface area contributed by atoms with Gasteiger partial charge in [0, 0.05) is 28.3 Å². The van der Waals surface area contributed by atoms with Crippen LogP contribution in [0.5, 0.6) is 0 Å². The Morgan fingerprint density at radius 2 is 1.75 bits per heavy atom. The van der Waals surface area contributed by atoms with Crippen molar-refractivity contribution in [3.05, 3.63) is 82.7 Å². The quantitative estimate of drug-likeness (QED) is 0.500. The lowest BCUT2D eigenvalue weighted by molar-refractivity contribution is -0.119. The summed E-state index contributed by atoms with van der Waals surface area (Å²) in [5, 5.41) is 7.20. The molecule has 2 N–H and O–H groups in total. The Bertz CT molecular complexity index is 1000. The summed E-state index contributed by atoms with van der Waals surface area (Å²) in [4.78, 5) is 12.0. The van der Waals surface area contributed by atoms with E-state index in [1.54, 1.807) is 6.21 Å². The van der Waals surface area contributed by atoms with Gasteiger partial charge in [-0.15, -0.1) is 0 Å². The van der Waals surface area contributed by atoms with E-state index in [1.165, 1.54) is 11.1 Å². The van der Waals surface area contributed by atoms with Crippen molar-refractivity contribution in [1.82, 2.24) is 9.99 Å². The van der Waals surface area contributed by atoms with E-state index in [-0.39, 0.29) is 12.5 Å². The Labute approximate surface area is 166 Å². The molecule has 3 rings (SSSR count). The van der Waals surface area contributed by atoms with Crippen molar-refractivity contribution < 1.29 is 4.79 Å². The predicted octanol–water partition coefficient (Wildman–Crippen LogP) is 4.27. The number of rotatable bonds is 6. The molecule has 0 fully saturated rings. The predicted molar refractivity (Wildman–Crippen MR) is 115 cm³/mol. The number of nitrogens with zero attached hydrogens (tertiary/aromatic N) is 2. The van der Waals surface area contributed by atoms with E-state index in [4.69, 9.17) is 0 Å². The molecule has 0 aliphatic rings. The summed E-state index contributed by atoms with van der Waals surface area (Å²) in [6.45, 7) is 8.43. The molecule has 1 aromatic heterocycles. The van der Waals surface area contributed by atoms with Crippen molar-refractivity contribution in [1.29, 1.82) is 0 Å². The summed E-state index contributed by atoms with van der Waals surface area (Å²) in [5.41, 5.74) is 10.2. The van der Waals surface area contributed by atoms with Gasteiger partial charge in [0.1, 0.15) is 0 Å². The summed E-state index contributed by atoms with van der Waals surface area (Å²) in [6, 6.07) is 18.3. The third kappa shape index (κ3) is 4.49. The third-order valence-corrected chi connectivity index (χ3v) is 4.72. The number of hydrogen-bond acceptors (Lipinski definition) is 3. The minimum atomic E-state index is -0.190. The Hall–Kier alpha value is -3.34. The Balaban J connectivity index is 1.63. The minimum absolute atomic E-state index is 0.169. The first-order valence-electron chi connectivity index (χ1n) is 9.33. The van der Waals surface area contributed by atoms with Crippen LogP contribution in [0.15, 0.2) is 59.7 Å². The number of carbonyl (C=O) groups excluding carboxylic acids is 1. The van der Waals surface area contributed by atoms with Gasteiger partial charge in [-0.25, -0.2) is 5.43 Å². The largest absolute Gasteiger partial charge is 0.376 e. The molecule has 0 saturated carbocycles. The fraction of sp³-hybridized carbons (Fsp3) is 0.217.